The fraction of sp³-hybridized carbons (Fsp3) is 1.00. The zero-order valence-corrected chi connectivity index (χ0v) is 11.0. The minimum absolute atomic E-state index is 0.869. The highest BCUT2D eigenvalue weighted by Crippen LogP contribution is 2.48. The van der Waals surface area contributed by atoms with Crippen LogP contribution in [0.25, 0.3) is 0 Å². The van der Waals surface area contributed by atoms with Gasteiger partial charge in [-0.25, -0.2) is 0 Å². The molecule has 0 atom stereocenters. The van der Waals surface area contributed by atoms with Crippen LogP contribution in [-0.2, 0) is 0 Å². The third-order valence-corrected chi connectivity index (χ3v) is 10.4. The van der Waals surface area contributed by atoms with E-state index >= 15 is 0 Å². The summed E-state index contributed by atoms with van der Waals surface area (Å²) in [4.78, 5) is 0. The Hall–Kier alpha value is 0.217. The fourth-order valence-corrected chi connectivity index (χ4v) is 8.31. The molecule has 0 aliphatic heterocycles. The van der Waals surface area contributed by atoms with Crippen LogP contribution in [0, 0.1) is 0 Å². The Balaban J connectivity index is 1.97. The van der Waals surface area contributed by atoms with Gasteiger partial charge in [0.25, 0.3) is 0 Å². The number of hydrogen-bond acceptors (Lipinski definition) is 0. The molecule has 0 spiro atoms. The second kappa shape index (κ2) is 4.38. The Bertz CT molecular complexity index is 174. The van der Waals surface area contributed by atoms with Crippen molar-refractivity contribution in [3.63, 3.8) is 0 Å². The molecule has 0 aromatic heterocycles. The Kier molecular flexibility index (Phi) is 3.36. The molecule has 0 nitrogen and oxygen atoms in total. The van der Waals surface area contributed by atoms with E-state index < -0.39 is 8.07 Å². The first kappa shape index (κ1) is 10.7. The van der Waals surface area contributed by atoms with E-state index in [1.807, 2.05) is 0 Å². The second-order valence-corrected chi connectivity index (χ2v) is 11.4. The van der Waals surface area contributed by atoms with Gasteiger partial charge in [-0.3, -0.25) is 0 Å². The molecule has 0 aromatic carbocycles. The molecule has 2 aliphatic carbocycles. The highest BCUT2D eigenvalue weighted by molar-refractivity contribution is 6.80. The molecule has 0 amide bonds. The summed E-state index contributed by atoms with van der Waals surface area (Å²) in [7, 11) is -0.869. The fourth-order valence-electron chi connectivity index (χ4n) is 3.85. The molecular formula is C13H26Si. The lowest BCUT2D eigenvalue weighted by molar-refractivity contribution is 0.486. The Morgan fingerprint density at radius 1 is 0.643 bits per heavy atom. The van der Waals surface area contributed by atoms with Crippen LogP contribution in [-0.4, -0.2) is 8.07 Å². The average molecular weight is 210 g/mol. The van der Waals surface area contributed by atoms with Gasteiger partial charge in [-0.1, -0.05) is 70.9 Å². The highest BCUT2D eigenvalue weighted by Gasteiger charge is 2.40. The molecule has 0 unspecified atom stereocenters. The molecule has 0 heterocycles. The average Bonchev–Trinajstić information content (AvgIpc) is 2.72. The van der Waals surface area contributed by atoms with Crippen molar-refractivity contribution in [2.45, 2.75) is 82.0 Å². The molecule has 2 aliphatic rings. The van der Waals surface area contributed by atoms with Gasteiger partial charge in [-0.2, -0.15) is 0 Å². The van der Waals surface area contributed by atoms with Gasteiger partial charge >= 0.3 is 0 Å². The van der Waals surface area contributed by atoms with Gasteiger partial charge in [0.15, 0.2) is 0 Å². The summed E-state index contributed by atoms with van der Waals surface area (Å²) in [5.74, 6) is 0. The molecule has 2 saturated carbocycles. The SMILES string of the molecule is C[Si](C)(C1CCCCC1)C1CCCC1. The Morgan fingerprint density at radius 3 is 1.43 bits per heavy atom. The molecule has 0 saturated heterocycles. The molecule has 2 fully saturated rings. The molecule has 0 bridgehead atoms. The van der Waals surface area contributed by atoms with Gasteiger partial charge in [0.05, 0.1) is 8.07 Å². The summed E-state index contributed by atoms with van der Waals surface area (Å²) >= 11 is 0. The maximum atomic E-state index is 2.69. The standard InChI is InChI=1S/C13H26Si/c1-14(2,13-10-6-7-11-13)12-8-4-3-5-9-12/h12-13H,3-11H2,1-2H3. The van der Waals surface area contributed by atoms with Crippen LogP contribution in [0.2, 0.25) is 24.2 Å². The summed E-state index contributed by atoms with van der Waals surface area (Å²) < 4.78 is 0. The van der Waals surface area contributed by atoms with E-state index in [0.29, 0.717) is 0 Å². The zero-order chi connectivity index (χ0) is 10.0. The monoisotopic (exact) mass is 210 g/mol. The van der Waals surface area contributed by atoms with E-state index in [9.17, 15) is 0 Å². The van der Waals surface area contributed by atoms with Gasteiger partial charge in [0.2, 0.25) is 0 Å². The van der Waals surface area contributed by atoms with Crippen LogP contribution >= 0.6 is 0 Å². The third-order valence-electron chi connectivity index (χ3n) is 5.06. The van der Waals surface area contributed by atoms with E-state index in [-0.39, 0.29) is 0 Å². The minimum Gasteiger partial charge on any atom is -0.0689 e. The quantitative estimate of drug-likeness (QED) is 0.564. The molecule has 82 valence electrons. The Morgan fingerprint density at radius 2 is 1.00 bits per heavy atom. The van der Waals surface area contributed by atoms with Crippen molar-refractivity contribution < 1.29 is 0 Å². The third kappa shape index (κ3) is 2.08. The normalized spacial score (nSPS) is 27.0. The van der Waals surface area contributed by atoms with Crippen molar-refractivity contribution in [3.05, 3.63) is 0 Å². The molecule has 0 radical (unpaired) electrons. The van der Waals surface area contributed by atoms with Gasteiger partial charge in [0, 0.05) is 0 Å². The summed E-state index contributed by atoms with van der Waals surface area (Å²) in [6.07, 6.45) is 14.0. The first-order chi connectivity index (χ1) is 6.71. The van der Waals surface area contributed by atoms with Crippen molar-refractivity contribution in [1.82, 2.24) is 0 Å². The topological polar surface area (TPSA) is 0 Å². The first-order valence-corrected chi connectivity index (χ1v) is 9.87. The van der Waals surface area contributed by atoms with Gasteiger partial charge < -0.3 is 0 Å². The van der Waals surface area contributed by atoms with Gasteiger partial charge in [-0.15, -0.1) is 0 Å². The molecule has 1 heteroatoms. The largest absolute Gasteiger partial charge is 0.0689 e. The van der Waals surface area contributed by atoms with E-state index in [0.717, 1.165) is 0 Å². The van der Waals surface area contributed by atoms with Crippen LogP contribution in [0.3, 0.4) is 0 Å². The highest BCUT2D eigenvalue weighted by atomic mass is 28.3. The minimum atomic E-state index is -0.869. The van der Waals surface area contributed by atoms with Crippen molar-refractivity contribution in [3.8, 4) is 0 Å². The predicted octanol–water partition coefficient (Wildman–Crippen LogP) is 4.97. The van der Waals surface area contributed by atoms with E-state index in [1.54, 1.807) is 25.7 Å². The maximum Gasteiger partial charge on any atom is 0.0535 e. The molecule has 14 heavy (non-hydrogen) atoms. The van der Waals surface area contributed by atoms with Crippen LogP contribution in [0.15, 0.2) is 0 Å². The summed E-state index contributed by atoms with van der Waals surface area (Å²) in [5, 5.41) is 0. The van der Waals surface area contributed by atoms with Crippen LogP contribution in [0.4, 0.5) is 0 Å². The second-order valence-electron chi connectivity index (χ2n) is 6.14. The van der Waals surface area contributed by atoms with Gasteiger partial charge in [-0.05, 0) is 11.1 Å². The lowest BCUT2D eigenvalue weighted by Gasteiger charge is -2.40. The van der Waals surface area contributed by atoms with E-state index in [2.05, 4.69) is 13.1 Å². The molecule has 0 N–H and O–H groups in total. The zero-order valence-electron chi connectivity index (χ0n) is 10.0. The molecular weight excluding hydrogens is 184 g/mol. The van der Waals surface area contributed by atoms with Crippen LogP contribution in [0.5, 0.6) is 0 Å². The smallest absolute Gasteiger partial charge is 0.0535 e. The van der Waals surface area contributed by atoms with Crippen molar-refractivity contribution in [2.75, 3.05) is 0 Å². The van der Waals surface area contributed by atoms with Crippen LogP contribution in [0.1, 0.15) is 57.8 Å². The maximum absolute atomic E-state index is 2.69. The summed E-state index contributed by atoms with van der Waals surface area (Å²) in [6, 6.07) is 0. The molecule has 2 rings (SSSR count). The molecule has 0 aromatic rings. The van der Waals surface area contributed by atoms with E-state index in [4.69, 9.17) is 0 Å². The van der Waals surface area contributed by atoms with Crippen molar-refractivity contribution >= 4 is 8.07 Å². The summed E-state index contributed by atoms with van der Waals surface area (Å²) in [5.41, 5.74) is 2.37. The van der Waals surface area contributed by atoms with Crippen LogP contribution < -0.4 is 0 Å². The number of rotatable bonds is 2. The summed E-state index contributed by atoms with van der Waals surface area (Å²) in [6.45, 7) is 5.39. The lowest BCUT2D eigenvalue weighted by atomic mass is 10.0. The van der Waals surface area contributed by atoms with E-state index in [1.165, 1.54) is 43.2 Å². The Labute approximate surface area is 90.5 Å². The predicted molar refractivity (Wildman–Crippen MR) is 66.5 cm³/mol. The van der Waals surface area contributed by atoms with Crippen molar-refractivity contribution in [1.29, 1.82) is 0 Å². The van der Waals surface area contributed by atoms with Gasteiger partial charge in [0.1, 0.15) is 0 Å². The lowest BCUT2D eigenvalue weighted by Crippen LogP contribution is -2.38. The first-order valence-electron chi connectivity index (χ1n) is 6.71. The number of hydrogen-bond donors (Lipinski definition) is 0. The van der Waals surface area contributed by atoms with Crippen molar-refractivity contribution in [2.24, 2.45) is 0 Å².